The van der Waals surface area contributed by atoms with Crippen LogP contribution in [0, 0.1) is 13.8 Å². The van der Waals surface area contributed by atoms with Gasteiger partial charge in [-0.05, 0) is 43.2 Å². The van der Waals surface area contributed by atoms with Crippen molar-refractivity contribution in [2.75, 3.05) is 11.1 Å². The Labute approximate surface area is 154 Å². The second kappa shape index (κ2) is 7.72. The largest absolute Gasteiger partial charge is 0.411 e. The van der Waals surface area contributed by atoms with E-state index in [4.69, 9.17) is 16.0 Å². The number of thioether (sulfide) groups is 1. The first-order valence-corrected chi connectivity index (χ1v) is 8.97. The fourth-order valence-electron chi connectivity index (χ4n) is 2.20. The van der Waals surface area contributed by atoms with Gasteiger partial charge in [-0.15, -0.1) is 10.2 Å². The zero-order valence-corrected chi connectivity index (χ0v) is 15.3. The lowest BCUT2D eigenvalue weighted by Gasteiger charge is -2.08. The molecule has 0 aliphatic rings. The predicted octanol–water partition coefficient (Wildman–Crippen LogP) is 4.74. The molecule has 0 radical (unpaired) electrons. The van der Waals surface area contributed by atoms with Crippen molar-refractivity contribution in [2.45, 2.75) is 19.1 Å². The van der Waals surface area contributed by atoms with Crippen molar-refractivity contribution in [1.82, 2.24) is 10.2 Å². The zero-order valence-electron chi connectivity index (χ0n) is 13.7. The van der Waals surface area contributed by atoms with Crippen LogP contribution in [0.25, 0.3) is 11.5 Å². The van der Waals surface area contributed by atoms with Crippen LogP contribution in [0.5, 0.6) is 0 Å². The number of anilines is 1. The molecule has 25 heavy (non-hydrogen) atoms. The Morgan fingerprint density at radius 2 is 2.00 bits per heavy atom. The Morgan fingerprint density at radius 1 is 1.20 bits per heavy atom. The highest BCUT2D eigenvalue weighted by molar-refractivity contribution is 7.99. The molecule has 0 saturated carbocycles. The average molecular weight is 374 g/mol. The maximum Gasteiger partial charge on any atom is 0.277 e. The van der Waals surface area contributed by atoms with E-state index in [1.807, 2.05) is 44.2 Å². The number of nitrogens with zero attached hydrogens (tertiary/aromatic N) is 2. The maximum atomic E-state index is 12.1. The van der Waals surface area contributed by atoms with Crippen molar-refractivity contribution in [3.63, 3.8) is 0 Å². The Balaban J connectivity index is 1.61. The minimum Gasteiger partial charge on any atom is -0.411 e. The summed E-state index contributed by atoms with van der Waals surface area (Å²) in [5.41, 5.74) is 3.59. The maximum absolute atomic E-state index is 12.1. The van der Waals surface area contributed by atoms with Gasteiger partial charge in [0.2, 0.25) is 11.8 Å². The summed E-state index contributed by atoms with van der Waals surface area (Å²) in [6.45, 7) is 3.94. The third kappa shape index (κ3) is 4.41. The third-order valence-electron chi connectivity index (χ3n) is 3.50. The number of aromatic nitrogens is 2. The van der Waals surface area contributed by atoms with Gasteiger partial charge < -0.3 is 9.73 Å². The second-order valence-corrected chi connectivity index (χ2v) is 6.84. The molecule has 1 amide bonds. The summed E-state index contributed by atoms with van der Waals surface area (Å²) in [5.74, 6) is 0.386. The first-order chi connectivity index (χ1) is 12.0. The number of rotatable bonds is 5. The van der Waals surface area contributed by atoms with E-state index in [1.54, 1.807) is 12.1 Å². The molecule has 3 rings (SSSR count). The summed E-state index contributed by atoms with van der Waals surface area (Å²) < 4.78 is 5.57. The first kappa shape index (κ1) is 17.5. The van der Waals surface area contributed by atoms with Crippen LogP contribution >= 0.6 is 23.4 Å². The number of amides is 1. The topological polar surface area (TPSA) is 68.0 Å². The van der Waals surface area contributed by atoms with E-state index >= 15 is 0 Å². The molecule has 1 aromatic heterocycles. The fraction of sp³-hybridized carbons (Fsp3) is 0.167. The monoisotopic (exact) mass is 373 g/mol. The lowest BCUT2D eigenvalue weighted by Crippen LogP contribution is -2.14. The molecule has 3 aromatic rings. The zero-order chi connectivity index (χ0) is 17.8. The van der Waals surface area contributed by atoms with Crippen LogP contribution in [0.1, 0.15) is 11.1 Å². The van der Waals surface area contributed by atoms with Gasteiger partial charge in [0.1, 0.15) is 0 Å². The lowest BCUT2D eigenvalue weighted by molar-refractivity contribution is -0.113. The molecule has 5 nitrogen and oxygen atoms in total. The van der Waals surface area contributed by atoms with Crippen LogP contribution in [0.3, 0.4) is 0 Å². The number of aryl methyl sites for hydroxylation is 2. The fourth-order valence-corrected chi connectivity index (χ4v) is 2.98. The summed E-state index contributed by atoms with van der Waals surface area (Å²) in [6, 6.07) is 13.2. The third-order valence-corrected chi connectivity index (χ3v) is 4.65. The molecule has 1 N–H and O–H groups in total. The van der Waals surface area contributed by atoms with Crippen LogP contribution in [-0.2, 0) is 4.79 Å². The van der Waals surface area contributed by atoms with E-state index in [2.05, 4.69) is 15.5 Å². The number of benzene rings is 2. The Morgan fingerprint density at radius 3 is 2.80 bits per heavy atom. The summed E-state index contributed by atoms with van der Waals surface area (Å²) in [4.78, 5) is 12.1. The molecular formula is C18H16ClN3O2S. The van der Waals surface area contributed by atoms with Crippen molar-refractivity contribution in [1.29, 1.82) is 0 Å². The molecule has 0 aliphatic heterocycles. The number of nitrogens with one attached hydrogen (secondary N) is 1. The van der Waals surface area contributed by atoms with Gasteiger partial charge in [0, 0.05) is 5.69 Å². The van der Waals surface area contributed by atoms with Gasteiger partial charge in [-0.25, -0.2) is 0 Å². The molecule has 0 saturated heterocycles. The average Bonchev–Trinajstić information content (AvgIpc) is 3.05. The molecule has 0 aliphatic carbocycles. The highest BCUT2D eigenvalue weighted by Gasteiger charge is 2.13. The van der Waals surface area contributed by atoms with E-state index in [0.29, 0.717) is 21.7 Å². The summed E-state index contributed by atoms with van der Waals surface area (Å²) >= 11 is 7.30. The SMILES string of the molecule is Cc1ccc(C)c(NC(=O)CSc2nnc(-c3ccccc3Cl)o2)c1. The van der Waals surface area contributed by atoms with Gasteiger partial charge in [0.25, 0.3) is 5.22 Å². The first-order valence-electron chi connectivity index (χ1n) is 7.61. The van der Waals surface area contributed by atoms with Gasteiger partial charge in [0.15, 0.2) is 0 Å². The normalized spacial score (nSPS) is 10.7. The summed E-state index contributed by atoms with van der Waals surface area (Å²) in [6.07, 6.45) is 0. The molecular weight excluding hydrogens is 358 g/mol. The second-order valence-electron chi connectivity index (χ2n) is 5.51. The Hall–Kier alpha value is -2.31. The lowest BCUT2D eigenvalue weighted by atomic mass is 10.1. The van der Waals surface area contributed by atoms with Gasteiger partial charge in [-0.3, -0.25) is 4.79 Å². The van der Waals surface area contributed by atoms with Crippen molar-refractivity contribution in [3.8, 4) is 11.5 Å². The molecule has 128 valence electrons. The summed E-state index contributed by atoms with van der Waals surface area (Å²) in [7, 11) is 0. The van der Waals surface area contributed by atoms with Crippen molar-refractivity contribution in [3.05, 3.63) is 58.6 Å². The van der Waals surface area contributed by atoms with Crippen LogP contribution in [-0.4, -0.2) is 21.9 Å². The van der Waals surface area contributed by atoms with Gasteiger partial charge in [0.05, 0.1) is 16.3 Å². The van der Waals surface area contributed by atoms with Gasteiger partial charge >= 0.3 is 0 Å². The number of hydrogen-bond donors (Lipinski definition) is 1. The van der Waals surface area contributed by atoms with E-state index in [1.165, 1.54) is 11.8 Å². The van der Waals surface area contributed by atoms with Crippen molar-refractivity contribution < 1.29 is 9.21 Å². The number of halogens is 1. The number of hydrogen-bond acceptors (Lipinski definition) is 5. The highest BCUT2D eigenvalue weighted by Crippen LogP contribution is 2.28. The molecule has 0 atom stereocenters. The van der Waals surface area contributed by atoms with E-state index in [-0.39, 0.29) is 11.7 Å². The minimum absolute atomic E-state index is 0.129. The molecule has 2 aromatic carbocycles. The van der Waals surface area contributed by atoms with Crippen molar-refractivity contribution in [2.24, 2.45) is 0 Å². The quantitative estimate of drug-likeness (QED) is 0.654. The molecule has 0 spiro atoms. The van der Waals surface area contributed by atoms with E-state index in [0.717, 1.165) is 16.8 Å². The van der Waals surface area contributed by atoms with Gasteiger partial charge in [-0.1, -0.05) is 47.6 Å². The molecule has 0 bridgehead atoms. The number of carbonyl (C=O) groups excluding carboxylic acids is 1. The number of carbonyl (C=O) groups is 1. The van der Waals surface area contributed by atoms with E-state index < -0.39 is 0 Å². The van der Waals surface area contributed by atoms with Gasteiger partial charge in [-0.2, -0.15) is 0 Å². The Bertz CT molecular complexity index is 911. The highest BCUT2D eigenvalue weighted by atomic mass is 35.5. The van der Waals surface area contributed by atoms with E-state index in [9.17, 15) is 4.79 Å². The molecule has 7 heteroatoms. The van der Waals surface area contributed by atoms with Crippen molar-refractivity contribution >= 4 is 35.0 Å². The smallest absolute Gasteiger partial charge is 0.277 e. The van der Waals surface area contributed by atoms with Crippen LogP contribution in [0.2, 0.25) is 5.02 Å². The van der Waals surface area contributed by atoms with Crippen LogP contribution in [0.15, 0.2) is 52.1 Å². The Kier molecular flexibility index (Phi) is 5.40. The molecule has 0 fully saturated rings. The molecule has 0 unspecified atom stereocenters. The summed E-state index contributed by atoms with van der Waals surface area (Å²) in [5, 5.41) is 11.7. The standard InChI is InChI=1S/C18H16ClN3O2S/c1-11-7-8-12(2)15(9-11)20-16(23)10-25-18-22-21-17(24-18)13-5-3-4-6-14(13)19/h3-9H,10H2,1-2H3,(H,20,23). The van der Waals surface area contributed by atoms with Crippen LogP contribution in [0.4, 0.5) is 5.69 Å². The van der Waals surface area contributed by atoms with Crippen LogP contribution < -0.4 is 5.32 Å². The minimum atomic E-state index is -0.129. The molecule has 1 heterocycles. The predicted molar refractivity (Wildman–Crippen MR) is 100 cm³/mol.